The Labute approximate surface area is 124 Å². The molecule has 0 bridgehead atoms. The maximum atomic E-state index is 11.9. The Morgan fingerprint density at radius 2 is 1.90 bits per heavy atom. The van der Waals surface area contributed by atoms with Gasteiger partial charge in [0.25, 0.3) is 0 Å². The molecule has 0 aromatic heterocycles. The number of hydrogen-bond acceptors (Lipinski definition) is 5. The maximum absolute atomic E-state index is 11.9. The number of esters is 1. The fourth-order valence-electron chi connectivity index (χ4n) is 2.21. The number of amides is 1. The van der Waals surface area contributed by atoms with Gasteiger partial charge in [-0.25, -0.2) is 4.79 Å². The fourth-order valence-corrected chi connectivity index (χ4v) is 2.21. The van der Waals surface area contributed by atoms with Crippen molar-refractivity contribution in [3.05, 3.63) is 35.4 Å². The van der Waals surface area contributed by atoms with Gasteiger partial charge in [0, 0.05) is 32.7 Å². The van der Waals surface area contributed by atoms with Crippen molar-refractivity contribution in [2.24, 2.45) is 0 Å². The number of benzene rings is 1. The molecule has 1 saturated heterocycles. The van der Waals surface area contributed by atoms with Crippen molar-refractivity contribution in [3.8, 4) is 0 Å². The highest BCUT2D eigenvalue weighted by atomic mass is 16.5. The van der Waals surface area contributed by atoms with Gasteiger partial charge >= 0.3 is 5.97 Å². The molecule has 1 aromatic rings. The minimum absolute atomic E-state index is 0.0222. The summed E-state index contributed by atoms with van der Waals surface area (Å²) in [5.41, 5.74) is 1.46. The van der Waals surface area contributed by atoms with Gasteiger partial charge in [0.15, 0.2) is 0 Å². The number of piperazine rings is 1. The van der Waals surface area contributed by atoms with E-state index in [1.807, 2.05) is 12.1 Å². The number of methoxy groups -OCH3 is 1. The number of nitrogens with zero attached hydrogens (tertiary/aromatic N) is 1. The zero-order valence-corrected chi connectivity index (χ0v) is 12.2. The Kier molecular flexibility index (Phi) is 5.71. The summed E-state index contributed by atoms with van der Waals surface area (Å²) >= 11 is 0. The molecular weight excluding hydrogens is 270 g/mol. The highest BCUT2D eigenvalue weighted by Gasteiger charge is 2.13. The quantitative estimate of drug-likeness (QED) is 0.747. The number of carbonyl (C=O) groups excluding carboxylic acids is 2. The van der Waals surface area contributed by atoms with E-state index >= 15 is 0 Å². The first kappa shape index (κ1) is 15.5. The molecule has 114 valence electrons. The average molecular weight is 291 g/mol. The van der Waals surface area contributed by atoms with E-state index in [0.717, 1.165) is 31.7 Å². The van der Waals surface area contributed by atoms with Gasteiger partial charge in [-0.1, -0.05) is 12.1 Å². The lowest BCUT2D eigenvalue weighted by Crippen LogP contribution is -2.47. The van der Waals surface area contributed by atoms with Crippen LogP contribution in [0.15, 0.2) is 24.3 Å². The monoisotopic (exact) mass is 291 g/mol. The summed E-state index contributed by atoms with van der Waals surface area (Å²) < 4.78 is 4.64. The molecule has 1 amide bonds. The lowest BCUT2D eigenvalue weighted by molar-refractivity contribution is -0.122. The van der Waals surface area contributed by atoms with E-state index in [2.05, 4.69) is 20.3 Å². The topological polar surface area (TPSA) is 70.7 Å². The van der Waals surface area contributed by atoms with Gasteiger partial charge in [-0.3, -0.25) is 9.69 Å². The third-order valence-corrected chi connectivity index (χ3v) is 3.44. The molecule has 0 saturated carbocycles. The summed E-state index contributed by atoms with van der Waals surface area (Å²) in [6, 6.07) is 7.03. The van der Waals surface area contributed by atoms with Crippen molar-refractivity contribution in [1.29, 1.82) is 0 Å². The first-order valence-electron chi connectivity index (χ1n) is 7.06. The smallest absolute Gasteiger partial charge is 0.337 e. The number of carbonyl (C=O) groups is 2. The number of hydrogen-bond donors (Lipinski definition) is 2. The standard InChI is InChI=1S/C15H21N3O3/c1-21-15(20)13-4-2-12(3-5-13)10-17-14(19)11-18-8-6-16-7-9-18/h2-5,16H,6-11H2,1H3,(H,17,19). The molecule has 21 heavy (non-hydrogen) atoms. The fraction of sp³-hybridized carbons (Fsp3) is 0.467. The third kappa shape index (κ3) is 4.84. The van der Waals surface area contributed by atoms with Crippen LogP contribution >= 0.6 is 0 Å². The molecule has 0 spiro atoms. The van der Waals surface area contributed by atoms with Crippen LogP contribution in [0.2, 0.25) is 0 Å². The highest BCUT2D eigenvalue weighted by molar-refractivity contribution is 5.89. The Bertz CT molecular complexity index is 481. The first-order chi connectivity index (χ1) is 10.2. The number of ether oxygens (including phenoxy) is 1. The minimum Gasteiger partial charge on any atom is -0.465 e. The summed E-state index contributed by atoms with van der Waals surface area (Å²) in [6.07, 6.45) is 0. The average Bonchev–Trinajstić information content (AvgIpc) is 2.53. The van der Waals surface area contributed by atoms with E-state index in [4.69, 9.17) is 0 Å². The van der Waals surface area contributed by atoms with E-state index in [9.17, 15) is 9.59 Å². The van der Waals surface area contributed by atoms with Crippen LogP contribution in [0.1, 0.15) is 15.9 Å². The molecular formula is C15H21N3O3. The lowest BCUT2D eigenvalue weighted by atomic mass is 10.1. The summed E-state index contributed by atoms with van der Waals surface area (Å²) in [7, 11) is 1.35. The Morgan fingerprint density at radius 1 is 1.24 bits per heavy atom. The molecule has 1 fully saturated rings. The zero-order valence-electron chi connectivity index (χ0n) is 12.2. The molecule has 1 aromatic carbocycles. The molecule has 6 heteroatoms. The summed E-state index contributed by atoms with van der Waals surface area (Å²) in [6.45, 7) is 4.57. The van der Waals surface area contributed by atoms with Crippen LogP contribution in [0.25, 0.3) is 0 Å². The van der Waals surface area contributed by atoms with Gasteiger partial charge in [0.1, 0.15) is 0 Å². The lowest BCUT2D eigenvalue weighted by Gasteiger charge is -2.26. The Hall–Kier alpha value is -1.92. The number of rotatable bonds is 5. The Morgan fingerprint density at radius 3 is 2.52 bits per heavy atom. The predicted octanol–water partition coefficient (Wildman–Crippen LogP) is -0.00540. The first-order valence-corrected chi connectivity index (χ1v) is 7.06. The van der Waals surface area contributed by atoms with Crippen LogP contribution in [-0.2, 0) is 16.1 Å². The number of nitrogens with one attached hydrogen (secondary N) is 2. The largest absolute Gasteiger partial charge is 0.465 e. The van der Waals surface area contributed by atoms with Crippen molar-refractivity contribution < 1.29 is 14.3 Å². The molecule has 0 unspecified atom stereocenters. The second kappa shape index (κ2) is 7.75. The molecule has 0 radical (unpaired) electrons. The van der Waals surface area contributed by atoms with Gasteiger partial charge in [-0.15, -0.1) is 0 Å². The highest BCUT2D eigenvalue weighted by Crippen LogP contribution is 2.05. The Balaban J connectivity index is 1.76. The van der Waals surface area contributed by atoms with Crippen molar-refractivity contribution in [3.63, 3.8) is 0 Å². The van der Waals surface area contributed by atoms with Crippen LogP contribution in [0, 0.1) is 0 Å². The van der Waals surface area contributed by atoms with E-state index in [1.54, 1.807) is 12.1 Å². The van der Waals surface area contributed by atoms with E-state index in [-0.39, 0.29) is 11.9 Å². The summed E-state index contributed by atoms with van der Waals surface area (Å²) in [5.74, 6) is -0.335. The summed E-state index contributed by atoms with van der Waals surface area (Å²) in [5, 5.41) is 6.15. The summed E-state index contributed by atoms with van der Waals surface area (Å²) in [4.78, 5) is 25.3. The maximum Gasteiger partial charge on any atom is 0.337 e. The van der Waals surface area contributed by atoms with Crippen LogP contribution in [0.5, 0.6) is 0 Å². The molecule has 6 nitrogen and oxygen atoms in total. The van der Waals surface area contributed by atoms with Crippen LogP contribution in [-0.4, -0.2) is 56.6 Å². The molecule has 0 atom stereocenters. The normalized spacial score (nSPS) is 15.5. The molecule has 2 rings (SSSR count). The minimum atomic E-state index is -0.357. The third-order valence-electron chi connectivity index (χ3n) is 3.44. The van der Waals surface area contributed by atoms with E-state index < -0.39 is 0 Å². The molecule has 1 aliphatic heterocycles. The van der Waals surface area contributed by atoms with E-state index in [0.29, 0.717) is 18.7 Å². The SMILES string of the molecule is COC(=O)c1ccc(CNC(=O)CN2CCNCC2)cc1. The van der Waals surface area contributed by atoms with Gasteiger partial charge in [-0.2, -0.15) is 0 Å². The van der Waals surface area contributed by atoms with Gasteiger partial charge < -0.3 is 15.4 Å². The van der Waals surface area contributed by atoms with Crippen LogP contribution < -0.4 is 10.6 Å². The zero-order chi connectivity index (χ0) is 15.1. The van der Waals surface area contributed by atoms with Crippen molar-refractivity contribution in [2.75, 3.05) is 39.8 Å². The second-order valence-corrected chi connectivity index (χ2v) is 4.99. The van der Waals surface area contributed by atoms with Crippen LogP contribution in [0.4, 0.5) is 0 Å². The van der Waals surface area contributed by atoms with Gasteiger partial charge in [-0.05, 0) is 17.7 Å². The van der Waals surface area contributed by atoms with Crippen molar-refractivity contribution in [2.45, 2.75) is 6.54 Å². The van der Waals surface area contributed by atoms with Crippen molar-refractivity contribution >= 4 is 11.9 Å². The predicted molar refractivity (Wildman–Crippen MR) is 78.9 cm³/mol. The van der Waals surface area contributed by atoms with Gasteiger partial charge in [0.05, 0.1) is 19.2 Å². The van der Waals surface area contributed by atoms with Crippen molar-refractivity contribution in [1.82, 2.24) is 15.5 Å². The molecule has 0 aliphatic carbocycles. The van der Waals surface area contributed by atoms with E-state index in [1.165, 1.54) is 7.11 Å². The molecule has 1 heterocycles. The molecule has 1 aliphatic rings. The van der Waals surface area contributed by atoms with Crippen LogP contribution in [0.3, 0.4) is 0 Å². The van der Waals surface area contributed by atoms with Gasteiger partial charge in [0.2, 0.25) is 5.91 Å². The molecule has 2 N–H and O–H groups in total. The second-order valence-electron chi connectivity index (χ2n) is 4.99.